The Balaban J connectivity index is 1.39. The summed E-state index contributed by atoms with van der Waals surface area (Å²) in [6.07, 6.45) is 1.60. The fraction of sp³-hybridized carbons (Fsp3) is 0.743. The summed E-state index contributed by atoms with van der Waals surface area (Å²) >= 11 is 4.29. The third kappa shape index (κ3) is 10.5. The zero-order valence-electron chi connectivity index (χ0n) is 32.1. The molecule has 0 bridgehead atoms. The van der Waals surface area contributed by atoms with Gasteiger partial charge in [-0.15, -0.1) is 0 Å². The molecular formula is C35H55N9O12S. The lowest BCUT2D eigenvalue weighted by Crippen LogP contribution is -2.60. The molecule has 0 saturated carbocycles. The van der Waals surface area contributed by atoms with Crippen LogP contribution in [0.1, 0.15) is 65.2 Å². The highest BCUT2D eigenvalue weighted by Gasteiger charge is 2.46. The van der Waals surface area contributed by atoms with Crippen molar-refractivity contribution in [2.45, 2.75) is 120 Å². The zero-order valence-corrected chi connectivity index (χ0v) is 33.0. The SMILES string of the molecule is CC(=O)N[C@H](C(=O)N1CCC[C@H]1C(=O)N1CCC[C@H]1C(=O)N[C@@H](CS)C(=O)N1CCC[C@H]1C(=O)N[C@@H](CO)C(=O)N1CCC[C@H]1C(=O)N[C@@H](CO)C(N)=O)[C@@H](C)O. The predicted octanol–water partition coefficient (Wildman–Crippen LogP) is -5.31. The number of hydrogen-bond donors (Lipinski definition) is 9. The van der Waals surface area contributed by atoms with Gasteiger partial charge in [0.05, 0.1) is 19.3 Å². The lowest BCUT2D eigenvalue weighted by Gasteiger charge is -2.34. The third-order valence-corrected chi connectivity index (χ3v) is 11.2. The Hall–Kier alpha value is -4.54. The molecule has 21 nitrogen and oxygen atoms in total. The first kappa shape index (κ1) is 45.2. The molecular weight excluding hydrogens is 771 g/mol. The summed E-state index contributed by atoms with van der Waals surface area (Å²) in [5.41, 5.74) is 5.19. The van der Waals surface area contributed by atoms with Crippen molar-refractivity contribution in [3.63, 3.8) is 0 Å². The van der Waals surface area contributed by atoms with Crippen molar-refractivity contribution in [3.8, 4) is 0 Å². The Kier molecular flexibility index (Phi) is 16.0. The quantitative estimate of drug-likeness (QED) is 0.0660. The largest absolute Gasteiger partial charge is 0.394 e. The average molecular weight is 826 g/mol. The van der Waals surface area contributed by atoms with Gasteiger partial charge in [0.1, 0.15) is 48.3 Å². The topological polar surface area (TPSA) is 301 Å². The van der Waals surface area contributed by atoms with Crippen LogP contribution in [0.25, 0.3) is 0 Å². The van der Waals surface area contributed by atoms with E-state index in [1.165, 1.54) is 28.5 Å². The minimum Gasteiger partial charge on any atom is -0.394 e. The second-order valence-corrected chi connectivity index (χ2v) is 15.2. The van der Waals surface area contributed by atoms with Crippen LogP contribution in [-0.4, -0.2) is 188 Å². The second-order valence-electron chi connectivity index (χ2n) is 14.8. The fourth-order valence-corrected chi connectivity index (χ4v) is 8.20. The first-order chi connectivity index (χ1) is 27.1. The normalized spacial score (nSPS) is 24.6. The number of thiol groups is 1. The Morgan fingerprint density at radius 1 is 0.614 bits per heavy atom. The smallest absolute Gasteiger partial charge is 0.248 e. The molecule has 0 aromatic rings. The lowest BCUT2D eigenvalue weighted by atomic mass is 10.1. The first-order valence-electron chi connectivity index (χ1n) is 19.3. The van der Waals surface area contributed by atoms with Crippen LogP contribution < -0.4 is 27.0 Å². The van der Waals surface area contributed by atoms with E-state index in [0.717, 1.165) is 4.90 Å². The number of carbonyl (C=O) groups is 9. The Labute approximate surface area is 335 Å². The van der Waals surface area contributed by atoms with Gasteiger partial charge in [0.25, 0.3) is 0 Å². The molecule has 9 atom stereocenters. The summed E-state index contributed by atoms with van der Waals surface area (Å²) in [4.78, 5) is 123. The lowest BCUT2D eigenvalue weighted by molar-refractivity contribution is -0.149. The van der Waals surface area contributed by atoms with Crippen molar-refractivity contribution in [1.29, 1.82) is 0 Å². The minimum absolute atomic E-state index is 0.115. The van der Waals surface area contributed by atoms with Gasteiger partial charge in [0, 0.05) is 38.9 Å². The summed E-state index contributed by atoms with van der Waals surface area (Å²) in [7, 11) is 0. The van der Waals surface area contributed by atoms with Crippen LogP contribution in [0.4, 0.5) is 0 Å². The molecule has 0 radical (unpaired) electrons. The Morgan fingerprint density at radius 3 is 1.42 bits per heavy atom. The first-order valence-corrected chi connectivity index (χ1v) is 19.9. The molecule has 4 heterocycles. The van der Waals surface area contributed by atoms with Crippen LogP contribution in [0, 0.1) is 0 Å². The highest BCUT2D eigenvalue weighted by molar-refractivity contribution is 7.80. The summed E-state index contributed by atoms with van der Waals surface area (Å²) < 4.78 is 0. The maximum Gasteiger partial charge on any atom is 0.248 e. The fourth-order valence-electron chi connectivity index (χ4n) is 7.96. The molecule has 0 spiro atoms. The van der Waals surface area contributed by atoms with E-state index in [2.05, 4.69) is 33.9 Å². The monoisotopic (exact) mass is 825 g/mol. The van der Waals surface area contributed by atoms with E-state index in [0.29, 0.717) is 32.1 Å². The van der Waals surface area contributed by atoms with Gasteiger partial charge in [-0.1, -0.05) is 0 Å². The van der Waals surface area contributed by atoms with Gasteiger partial charge >= 0.3 is 0 Å². The van der Waals surface area contributed by atoms with Gasteiger partial charge in [0.15, 0.2) is 0 Å². The van der Waals surface area contributed by atoms with Crippen molar-refractivity contribution in [3.05, 3.63) is 0 Å². The number of nitrogens with one attached hydrogen (secondary N) is 4. The van der Waals surface area contributed by atoms with E-state index in [4.69, 9.17) is 5.73 Å². The standard InChI is InChI=1S/C35H55N9O12S/c1-18(47)27(37-19(2)48)35(56)44-14-6-10-26(44)34(55)43-13-5-9-25(43)31(52)40-22(17-57)33(54)42-12-4-8-24(42)30(51)39-21(16-46)32(53)41-11-3-7-23(41)29(50)38-20(15-45)28(36)49/h18,20-27,45-47,57H,3-17H2,1-2H3,(H2,36,49)(H,37,48)(H,38,50)(H,39,51)(H,40,52)/t18-,20+,21+,22+,23+,24+,25+,26+,27+/m1/s1. The Morgan fingerprint density at radius 2 is 1.00 bits per heavy atom. The summed E-state index contributed by atoms with van der Waals surface area (Å²) in [5, 5.41) is 39.5. The molecule has 4 aliphatic rings. The maximum atomic E-state index is 13.9. The van der Waals surface area contributed by atoms with Gasteiger partial charge in [-0.2, -0.15) is 12.6 Å². The summed E-state index contributed by atoms with van der Waals surface area (Å²) in [6, 6.07) is -9.32. The van der Waals surface area contributed by atoms with Crippen molar-refractivity contribution >= 4 is 65.8 Å². The van der Waals surface area contributed by atoms with Crippen molar-refractivity contribution < 1.29 is 58.5 Å². The number of aliphatic hydroxyl groups is 3. The van der Waals surface area contributed by atoms with Gasteiger partial charge in [0.2, 0.25) is 53.2 Å². The van der Waals surface area contributed by atoms with Crippen LogP contribution in [-0.2, 0) is 43.2 Å². The van der Waals surface area contributed by atoms with Crippen molar-refractivity contribution in [1.82, 2.24) is 40.9 Å². The molecule has 4 aliphatic heterocycles. The van der Waals surface area contributed by atoms with Crippen molar-refractivity contribution in [2.75, 3.05) is 45.1 Å². The number of primary amides is 1. The van der Waals surface area contributed by atoms with Crippen LogP contribution in [0.3, 0.4) is 0 Å². The number of likely N-dealkylation sites (tertiary alicyclic amines) is 4. The molecule has 4 rings (SSSR count). The minimum atomic E-state index is -1.48. The van der Waals surface area contributed by atoms with Crippen LogP contribution in [0.2, 0.25) is 0 Å². The van der Waals surface area contributed by atoms with Gasteiger partial charge in [-0.05, 0) is 58.3 Å². The highest BCUT2D eigenvalue weighted by Crippen LogP contribution is 2.27. The van der Waals surface area contributed by atoms with E-state index in [1.54, 1.807) is 0 Å². The molecule has 9 amide bonds. The predicted molar refractivity (Wildman–Crippen MR) is 201 cm³/mol. The third-order valence-electron chi connectivity index (χ3n) is 10.9. The summed E-state index contributed by atoms with van der Waals surface area (Å²) in [6.45, 7) is 1.69. The number of nitrogens with two attached hydrogens (primary N) is 1. The number of aliphatic hydroxyl groups excluding tert-OH is 3. The Bertz CT molecular complexity index is 1570. The molecule has 0 unspecified atom stereocenters. The highest BCUT2D eigenvalue weighted by atomic mass is 32.1. The molecule has 9 N–H and O–H groups in total. The van der Waals surface area contributed by atoms with Gasteiger partial charge in [-0.25, -0.2) is 0 Å². The maximum absolute atomic E-state index is 13.9. The van der Waals surface area contributed by atoms with E-state index >= 15 is 0 Å². The molecule has 0 aromatic carbocycles. The van der Waals surface area contributed by atoms with E-state index in [-0.39, 0.29) is 51.2 Å². The zero-order chi connectivity index (χ0) is 42.1. The van der Waals surface area contributed by atoms with E-state index in [1.807, 2.05) is 0 Å². The molecule has 4 saturated heterocycles. The number of hydrogen-bond acceptors (Lipinski definition) is 13. The van der Waals surface area contributed by atoms with Crippen LogP contribution in [0.15, 0.2) is 0 Å². The molecule has 0 aliphatic carbocycles. The number of nitrogens with zero attached hydrogens (tertiary/aromatic N) is 4. The van der Waals surface area contributed by atoms with Gasteiger partial charge < -0.3 is 61.9 Å². The van der Waals surface area contributed by atoms with Crippen LogP contribution in [0.5, 0.6) is 0 Å². The summed E-state index contributed by atoms with van der Waals surface area (Å²) in [5.74, 6) is -6.23. The number of carbonyl (C=O) groups excluding carboxylic acids is 9. The van der Waals surface area contributed by atoms with Crippen LogP contribution >= 0.6 is 12.6 Å². The molecule has 4 fully saturated rings. The molecule has 22 heteroatoms. The second kappa shape index (κ2) is 20.2. The number of amides is 9. The number of rotatable bonds is 16. The molecule has 0 aromatic heterocycles. The molecule has 57 heavy (non-hydrogen) atoms. The van der Waals surface area contributed by atoms with E-state index < -0.39 is 121 Å². The van der Waals surface area contributed by atoms with E-state index in [9.17, 15) is 58.5 Å². The van der Waals surface area contributed by atoms with Gasteiger partial charge in [-0.3, -0.25) is 43.2 Å². The van der Waals surface area contributed by atoms with Crippen molar-refractivity contribution in [2.24, 2.45) is 5.73 Å². The molecule has 318 valence electrons. The average Bonchev–Trinajstić information content (AvgIpc) is 4.02.